The van der Waals surface area contributed by atoms with Gasteiger partial charge >= 0.3 is 6.18 Å². The maximum Gasteiger partial charge on any atom is 0.419 e. The number of rotatable bonds is 6. The van der Waals surface area contributed by atoms with Crippen molar-refractivity contribution in [2.75, 3.05) is 13.2 Å². The van der Waals surface area contributed by atoms with E-state index in [0.717, 1.165) is 12.5 Å². The molecule has 1 atom stereocenters. The van der Waals surface area contributed by atoms with Crippen LogP contribution in [0.2, 0.25) is 0 Å². The molecule has 1 aliphatic rings. The number of nitrogens with zero attached hydrogens (tertiary/aromatic N) is 4. The minimum atomic E-state index is -4.69. The third-order valence-corrected chi connectivity index (χ3v) is 5.43. The van der Waals surface area contributed by atoms with Gasteiger partial charge in [0.2, 0.25) is 17.7 Å². The molecule has 0 spiro atoms. The van der Waals surface area contributed by atoms with Crippen molar-refractivity contribution in [1.29, 1.82) is 0 Å². The maximum absolute atomic E-state index is 13.7. The van der Waals surface area contributed by atoms with E-state index in [9.17, 15) is 17.6 Å². The first-order valence-electron chi connectivity index (χ1n) is 10.6. The Labute approximate surface area is 197 Å². The van der Waals surface area contributed by atoms with Crippen molar-refractivity contribution in [1.82, 2.24) is 15.0 Å². The van der Waals surface area contributed by atoms with Crippen molar-refractivity contribution < 1.29 is 32.0 Å². The van der Waals surface area contributed by atoms with E-state index in [2.05, 4.69) is 15.3 Å². The summed E-state index contributed by atoms with van der Waals surface area (Å²) in [4.78, 5) is 5.82. The molecule has 2 aromatic carbocycles. The first-order chi connectivity index (χ1) is 16.8. The fourth-order valence-electron chi connectivity index (χ4n) is 3.76. The fourth-order valence-corrected chi connectivity index (χ4v) is 3.76. The van der Waals surface area contributed by atoms with Gasteiger partial charge in [-0.05, 0) is 54.8 Å². The molecule has 0 saturated carbocycles. The summed E-state index contributed by atoms with van der Waals surface area (Å²) in [5.74, 6) is -0.724. The van der Waals surface area contributed by atoms with E-state index >= 15 is 0 Å². The summed E-state index contributed by atoms with van der Waals surface area (Å²) in [5.41, 5.74) is 5.46. The molecule has 0 bridgehead atoms. The first kappa shape index (κ1) is 24.0. The molecule has 1 saturated heterocycles. The number of guanidine groups is 1. The van der Waals surface area contributed by atoms with Crippen molar-refractivity contribution in [2.24, 2.45) is 10.9 Å². The molecule has 2 heterocycles. The third kappa shape index (κ3) is 5.53. The normalized spacial score (nSPS) is 16.9. The summed E-state index contributed by atoms with van der Waals surface area (Å²) in [5, 5.41) is 15.7. The van der Waals surface area contributed by atoms with Gasteiger partial charge in [0.1, 0.15) is 24.2 Å². The number of hydrogen-bond donors (Lipinski definition) is 2. The smallest absolute Gasteiger partial charge is 0.419 e. The van der Waals surface area contributed by atoms with Gasteiger partial charge in [0, 0.05) is 12.1 Å². The molecule has 8 nitrogen and oxygen atoms in total. The Morgan fingerprint density at radius 3 is 2.74 bits per heavy atom. The van der Waals surface area contributed by atoms with E-state index in [1.54, 1.807) is 11.0 Å². The van der Waals surface area contributed by atoms with Crippen molar-refractivity contribution in [3.05, 3.63) is 71.4 Å². The molecule has 35 heavy (non-hydrogen) atoms. The molecule has 3 N–H and O–H groups in total. The van der Waals surface area contributed by atoms with Crippen LogP contribution in [0.25, 0.3) is 17.5 Å². The SMILES string of the molecule is N/C(=N\O)N1CCC[C@H]1c1nc(-c2ccc(OC/C=C/c3ccc(F)cc3)c(C(F)(F)F)c2)no1. The number of halogens is 4. The van der Waals surface area contributed by atoms with Gasteiger partial charge in [-0.1, -0.05) is 28.5 Å². The molecule has 1 aromatic heterocycles. The highest BCUT2D eigenvalue weighted by molar-refractivity contribution is 5.78. The van der Waals surface area contributed by atoms with E-state index in [4.69, 9.17) is 20.2 Å². The van der Waals surface area contributed by atoms with Crippen LogP contribution >= 0.6 is 0 Å². The lowest BCUT2D eigenvalue weighted by atomic mass is 10.1. The number of ether oxygens (including phenoxy) is 1. The van der Waals surface area contributed by atoms with Gasteiger partial charge in [0.05, 0.1) is 5.56 Å². The van der Waals surface area contributed by atoms with Crippen LogP contribution in [0.4, 0.5) is 17.6 Å². The van der Waals surface area contributed by atoms with E-state index < -0.39 is 17.8 Å². The van der Waals surface area contributed by atoms with Gasteiger partial charge in [-0.25, -0.2) is 4.39 Å². The zero-order valence-electron chi connectivity index (χ0n) is 18.2. The molecule has 0 aliphatic carbocycles. The first-order valence-corrected chi connectivity index (χ1v) is 10.6. The van der Waals surface area contributed by atoms with Gasteiger partial charge < -0.3 is 25.1 Å². The van der Waals surface area contributed by atoms with Crippen molar-refractivity contribution in [2.45, 2.75) is 25.1 Å². The van der Waals surface area contributed by atoms with Crippen LogP contribution in [0.5, 0.6) is 5.75 Å². The zero-order valence-corrected chi connectivity index (χ0v) is 18.2. The van der Waals surface area contributed by atoms with Crippen LogP contribution < -0.4 is 10.5 Å². The summed E-state index contributed by atoms with van der Waals surface area (Å²) in [6.07, 6.45) is -0.209. The summed E-state index contributed by atoms with van der Waals surface area (Å²) in [7, 11) is 0. The number of nitrogens with two attached hydrogens (primary N) is 1. The Kier molecular flexibility index (Phi) is 6.90. The predicted octanol–water partition coefficient (Wildman–Crippen LogP) is 4.83. The molecule has 1 fully saturated rings. The zero-order chi connectivity index (χ0) is 25.0. The summed E-state index contributed by atoms with van der Waals surface area (Å²) >= 11 is 0. The average molecular weight is 491 g/mol. The lowest BCUT2D eigenvalue weighted by Gasteiger charge is -2.21. The second-order valence-corrected chi connectivity index (χ2v) is 7.74. The lowest BCUT2D eigenvalue weighted by Crippen LogP contribution is -2.36. The van der Waals surface area contributed by atoms with Gasteiger partial charge in [0.25, 0.3) is 0 Å². The molecular formula is C23H21F4N5O3. The van der Waals surface area contributed by atoms with Crippen molar-refractivity contribution in [3.8, 4) is 17.1 Å². The average Bonchev–Trinajstić information content (AvgIpc) is 3.52. The minimum absolute atomic E-state index is 0.0281. The van der Waals surface area contributed by atoms with E-state index in [1.165, 1.54) is 42.5 Å². The molecule has 1 aliphatic heterocycles. The Morgan fingerprint density at radius 2 is 2.03 bits per heavy atom. The molecule has 184 valence electrons. The molecule has 3 aromatic rings. The highest BCUT2D eigenvalue weighted by Crippen LogP contribution is 2.39. The largest absolute Gasteiger partial charge is 0.489 e. The lowest BCUT2D eigenvalue weighted by molar-refractivity contribution is -0.138. The number of benzene rings is 2. The topological polar surface area (TPSA) is 110 Å². The highest BCUT2D eigenvalue weighted by Gasteiger charge is 2.36. The standard InChI is InChI=1S/C23H21F4N5O3/c24-16-8-5-14(6-9-16)3-2-12-34-19-10-7-15(13-17(19)23(25,26)27)20-29-21(35-31-20)18-4-1-11-32(18)22(28)30-33/h2-3,5-10,13,18,33H,1,4,11-12H2,(H2,28,30)/b3-2+/t18-/m0/s1. The highest BCUT2D eigenvalue weighted by atomic mass is 19.4. The van der Waals surface area contributed by atoms with Crippen molar-refractivity contribution in [3.63, 3.8) is 0 Å². The Hall–Kier alpha value is -4.09. The van der Waals surface area contributed by atoms with Gasteiger partial charge in [-0.15, -0.1) is 0 Å². The molecule has 0 unspecified atom stereocenters. The second kappa shape index (κ2) is 10.0. The molecule has 0 radical (unpaired) electrons. The second-order valence-electron chi connectivity index (χ2n) is 7.74. The fraction of sp³-hybridized carbons (Fsp3) is 0.261. The molecule has 0 amide bonds. The monoisotopic (exact) mass is 491 g/mol. The summed E-state index contributed by atoms with van der Waals surface area (Å²) in [6.45, 7) is 0.385. The number of alkyl halides is 3. The maximum atomic E-state index is 13.7. The van der Waals surface area contributed by atoms with E-state index in [0.29, 0.717) is 18.5 Å². The quantitative estimate of drug-likeness (QED) is 0.167. The van der Waals surface area contributed by atoms with E-state index in [1.807, 2.05) is 0 Å². The van der Waals surface area contributed by atoms with Crippen LogP contribution in [0.15, 0.2) is 58.2 Å². The molecule has 4 rings (SSSR count). The van der Waals surface area contributed by atoms with E-state index in [-0.39, 0.29) is 41.4 Å². The van der Waals surface area contributed by atoms with Crippen LogP contribution in [0.3, 0.4) is 0 Å². The Bertz CT molecular complexity index is 1220. The van der Waals surface area contributed by atoms with Gasteiger partial charge in [-0.2, -0.15) is 18.2 Å². The Morgan fingerprint density at radius 1 is 1.26 bits per heavy atom. The third-order valence-electron chi connectivity index (χ3n) is 5.43. The van der Waals surface area contributed by atoms with Crippen LogP contribution in [0.1, 0.15) is 35.9 Å². The predicted molar refractivity (Wildman–Crippen MR) is 118 cm³/mol. The Balaban J connectivity index is 1.52. The van der Waals surface area contributed by atoms with Gasteiger partial charge in [0.15, 0.2) is 0 Å². The van der Waals surface area contributed by atoms with Crippen LogP contribution in [-0.4, -0.2) is 39.4 Å². The number of hydrogen-bond acceptors (Lipinski definition) is 6. The summed E-state index contributed by atoms with van der Waals surface area (Å²) in [6, 6.07) is 8.69. The van der Waals surface area contributed by atoms with Gasteiger partial charge in [-0.3, -0.25) is 0 Å². The van der Waals surface area contributed by atoms with Crippen LogP contribution in [-0.2, 0) is 6.18 Å². The summed E-state index contributed by atoms with van der Waals surface area (Å²) < 4.78 is 64.8. The van der Waals surface area contributed by atoms with Crippen molar-refractivity contribution >= 4 is 12.0 Å². The molecular weight excluding hydrogens is 470 g/mol. The number of oxime groups is 1. The van der Waals surface area contributed by atoms with Crippen LogP contribution in [0, 0.1) is 5.82 Å². The number of likely N-dealkylation sites (tertiary alicyclic amines) is 1. The molecule has 12 heteroatoms. The number of aromatic nitrogens is 2. The minimum Gasteiger partial charge on any atom is -0.489 e.